The maximum absolute atomic E-state index is 11.8. The number of carbonyl (C=O) groups is 1. The van der Waals surface area contributed by atoms with E-state index in [-0.39, 0.29) is 12.5 Å². The number of nitrogens with zero attached hydrogens (tertiary/aromatic N) is 1. The highest BCUT2D eigenvalue weighted by molar-refractivity contribution is 5.77. The van der Waals surface area contributed by atoms with Crippen molar-refractivity contribution >= 4 is 5.91 Å². The van der Waals surface area contributed by atoms with E-state index < -0.39 is 0 Å². The molecule has 1 aromatic carbocycles. The van der Waals surface area contributed by atoms with Gasteiger partial charge in [-0.3, -0.25) is 4.79 Å². The molecule has 0 spiro atoms. The molecule has 1 saturated carbocycles. The van der Waals surface area contributed by atoms with Crippen molar-refractivity contribution in [2.45, 2.75) is 37.6 Å². The fourth-order valence-corrected chi connectivity index (χ4v) is 2.95. The first-order chi connectivity index (χ1) is 9.22. The molecule has 0 aliphatic heterocycles. The first-order valence-electron chi connectivity index (χ1n) is 7.02. The molecule has 2 rings (SSSR count). The fraction of sp³-hybridized carbons (Fsp3) is 0.562. The summed E-state index contributed by atoms with van der Waals surface area (Å²) in [6, 6.07) is 11.1. The Balaban J connectivity index is 1.87. The highest BCUT2D eigenvalue weighted by atomic mass is 16.5. The van der Waals surface area contributed by atoms with Gasteiger partial charge in [-0.2, -0.15) is 0 Å². The molecule has 19 heavy (non-hydrogen) atoms. The van der Waals surface area contributed by atoms with Crippen LogP contribution in [-0.4, -0.2) is 37.6 Å². The third kappa shape index (κ3) is 3.57. The van der Waals surface area contributed by atoms with Crippen LogP contribution < -0.4 is 0 Å². The van der Waals surface area contributed by atoms with Crippen LogP contribution in [0.3, 0.4) is 0 Å². The van der Waals surface area contributed by atoms with Gasteiger partial charge in [-0.15, -0.1) is 0 Å². The summed E-state index contributed by atoms with van der Waals surface area (Å²) in [5.41, 5.74) is 1.44. The summed E-state index contributed by atoms with van der Waals surface area (Å²) in [7, 11) is 3.47. The molecular weight excluding hydrogens is 238 g/mol. The molecule has 1 fully saturated rings. The van der Waals surface area contributed by atoms with Crippen molar-refractivity contribution in [2.24, 2.45) is 0 Å². The Labute approximate surface area is 115 Å². The molecule has 0 bridgehead atoms. The minimum atomic E-state index is 0.0886. The van der Waals surface area contributed by atoms with Crippen LogP contribution in [0.1, 0.15) is 37.2 Å². The molecule has 1 aliphatic carbocycles. The van der Waals surface area contributed by atoms with Crippen LogP contribution in [0.5, 0.6) is 0 Å². The summed E-state index contributed by atoms with van der Waals surface area (Å²) in [4.78, 5) is 13.7. The second-order valence-electron chi connectivity index (χ2n) is 5.35. The van der Waals surface area contributed by atoms with Crippen LogP contribution in [-0.2, 0) is 9.53 Å². The molecule has 0 N–H and O–H groups in total. The van der Waals surface area contributed by atoms with E-state index in [1.54, 1.807) is 7.11 Å². The summed E-state index contributed by atoms with van der Waals surface area (Å²) in [5.74, 6) is 0.744. The molecule has 1 aromatic rings. The number of hydrogen-bond donors (Lipinski definition) is 0. The van der Waals surface area contributed by atoms with Gasteiger partial charge in [-0.05, 0) is 37.2 Å². The van der Waals surface area contributed by atoms with Crippen molar-refractivity contribution in [1.29, 1.82) is 0 Å². The number of likely N-dealkylation sites (N-methyl/N-ethyl adjacent to an activating group) is 1. The molecule has 0 unspecified atom stereocenters. The Kier molecular flexibility index (Phi) is 4.97. The molecular formula is C16H23NO2. The van der Waals surface area contributed by atoms with Crippen LogP contribution in [0, 0.1) is 0 Å². The molecule has 0 aromatic heterocycles. The molecule has 3 nitrogen and oxygen atoms in total. The number of hydrogen-bond acceptors (Lipinski definition) is 2. The predicted octanol–water partition coefficient (Wildman–Crippen LogP) is 2.82. The summed E-state index contributed by atoms with van der Waals surface area (Å²) >= 11 is 0. The average Bonchev–Trinajstić information content (AvgIpc) is 2.48. The zero-order valence-corrected chi connectivity index (χ0v) is 11.8. The molecule has 3 heteroatoms. The molecule has 104 valence electrons. The van der Waals surface area contributed by atoms with Gasteiger partial charge in [0.25, 0.3) is 0 Å². The Morgan fingerprint density at radius 1 is 1.21 bits per heavy atom. The number of benzene rings is 1. The van der Waals surface area contributed by atoms with Crippen molar-refractivity contribution in [2.75, 3.05) is 20.8 Å². The Morgan fingerprint density at radius 2 is 1.84 bits per heavy atom. The average molecular weight is 261 g/mol. The van der Waals surface area contributed by atoms with Gasteiger partial charge >= 0.3 is 0 Å². The zero-order chi connectivity index (χ0) is 13.7. The van der Waals surface area contributed by atoms with E-state index in [4.69, 9.17) is 4.74 Å². The molecule has 1 amide bonds. The van der Waals surface area contributed by atoms with E-state index in [1.165, 1.54) is 18.4 Å². The van der Waals surface area contributed by atoms with Gasteiger partial charge in [0.15, 0.2) is 0 Å². The summed E-state index contributed by atoms with van der Waals surface area (Å²) in [6.45, 7) is 0.190. The minimum Gasteiger partial charge on any atom is -0.375 e. The molecule has 0 radical (unpaired) electrons. The van der Waals surface area contributed by atoms with Crippen LogP contribution in [0.25, 0.3) is 0 Å². The maximum Gasteiger partial charge on any atom is 0.248 e. The lowest BCUT2D eigenvalue weighted by atomic mass is 9.81. The number of carbonyl (C=O) groups excluding carboxylic acids is 1. The van der Waals surface area contributed by atoms with Gasteiger partial charge in [-0.1, -0.05) is 30.3 Å². The van der Waals surface area contributed by atoms with E-state index in [1.807, 2.05) is 11.9 Å². The second-order valence-corrected chi connectivity index (χ2v) is 5.35. The highest BCUT2D eigenvalue weighted by Crippen LogP contribution is 2.34. The largest absolute Gasteiger partial charge is 0.375 e. The van der Waals surface area contributed by atoms with Gasteiger partial charge in [-0.25, -0.2) is 0 Å². The van der Waals surface area contributed by atoms with E-state index in [0.29, 0.717) is 12.0 Å². The quantitative estimate of drug-likeness (QED) is 0.834. The zero-order valence-electron chi connectivity index (χ0n) is 11.8. The van der Waals surface area contributed by atoms with E-state index in [2.05, 4.69) is 30.3 Å². The van der Waals surface area contributed by atoms with Crippen molar-refractivity contribution in [3.63, 3.8) is 0 Å². The van der Waals surface area contributed by atoms with Crippen molar-refractivity contribution in [3.05, 3.63) is 35.9 Å². The topological polar surface area (TPSA) is 29.5 Å². The standard InChI is InChI=1S/C16H23NO2/c1-17(16(18)12-19-2)15-10-8-14(9-11-15)13-6-4-3-5-7-13/h3-7,14-15H,8-12H2,1-2H3. The minimum absolute atomic E-state index is 0.0886. The fourth-order valence-electron chi connectivity index (χ4n) is 2.95. The predicted molar refractivity (Wildman–Crippen MR) is 76.1 cm³/mol. The van der Waals surface area contributed by atoms with E-state index in [0.717, 1.165) is 12.8 Å². The molecule has 0 saturated heterocycles. The smallest absolute Gasteiger partial charge is 0.248 e. The Hall–Kier alpha value is -1.35. The highest BCUT2D eigenvalue weighted by Gasteiger charge is 2.26. The lowest BCUT2D eigenvalue weighted by Crippen LogP contribution is -2.40. The number of rotatable bonds is 4. The lowest BCUT2D eigenvalue weighted by molar-refractivity contribution is -0.136. The second kappa shape index (κ2) is 6.71. The van der Waals surface area contributed by atoms with Crippen molar-refractivity contribution < 1.29 is 9.53 Å². The monoisotopic (exact) mass is 261 g/mol. The van der Waals surface area contributed by atoms with E-state index in [9.17, 15) is 4.79 Å². The summed E-state index contributed by atoms with van der Waals surface area (Å²) in [6.07, 6.45) is 4.51. The van der Waals surface area contributed by atoms with Gasteiger partial charge in [0.1, 0.15) is 6.61 Å². The SMILES string of the molecule is COCC(=O)N(C)C1CCC(c2ccccc2)CC1. The van der Waals surface area contributed by atoms with Crippen LogP contribution >= 0.6 is 0 Å². The van der Waals surface area contributed by atoms with Gasteiger partial charge in [0, 0.05) is 20.2 Å². The van der Waals surface area contributed by atoms with Gasteiger partial charge in [0.2, 0.25) is 5.91 Å². The maximum atomic E-state index is 11.8. The molecule has 0 atom stereocenters. The van der Waals surface area contributed by atoms with Crippen LogP contribution in [0.4, 0.5) is 0 Å². The summed E-state index contributed by atoms with van der Waals surface area (Å²) in [5, 5.41) is 0. The van der Waals surface area contributed by atoms with Crippen LogP contribution in [0.15, 0.2) is 30.3 Å². The molecule has 0 heterocycles. The molecule has 1 aliphatic rings. The lowest BCUT2D eigenvalue weighted by Gasteiger charge is -2.34. The third-order valence-electron chi connectivity index (χ3n) is 4.18. The Bertz CT molecular complexity index is 396. The van der Waals surface area contributed by atoms with Gasteiger partial charge in [0.05, 0.1) is 0 Å². The number of methoxy groups -OCH3 is 1. The van der Waals surface area contributed by atoms with E-state index >= 15 is 0 Å². The normalized spacial score (nSPS) is 23.1. The van der Waals surface area contributed by atoms with Crippen molar-refractivity contribution in [1.82, 2.24) is 4.90 Å². The van der Waals surface area contributed by atoms with Gasteiger partial charge < -0.3 is 9.64 Å². The van der Waals surface area contributed by atoms with Crippen molar-refractivity contribution in [3.8, 4) is 0 Å². The Morgan fingerprint density at radius 3 is 2.42 bits per heavy atom. The summed E-state index contributed by atoms with van der Waals surface area (Å²) < 4.78 is 4.91. The number of amides is 1. The number of ether oxygens (including phenoxy) is 1. The first-order valence-corrected chi connectivity index (χ1v) is 7.02. The third-order valence-corrected chi connectivity index (χ3v) is 4.18. The first kappa shape index (κ1) is 14.1. The van der Waals surface area contributed by atoms with Crippen LogP contribution in [0.2, 0.25) is 0 Å².